The fraction of sp³-hybridized carbons (Fsp3) is 0.231. The van der Waals surface area contributed by atoms with Crippen LogP contribution in [0.4, 0.5) is 0 Å². The monoisotopic (exact) mass is 473 g/mol. The Kier molecular flexibility index (Phi) is 6.65. The van der Waals surface area contributed by atoms with Crippen molar-refractivity contribution in [2.45, 2.75) is 12.8 Å². The van der Waals surface area contributed by atoms with Crippen LogP contribution in [0.5, 0.6) is 5.88 Å². The molecule has 172 valence electrons. The molecule has 1 aliphatic rings. The second-order valence-corrected chi connectivity index (χ2v) is 8.62. The Balaban J connectivity index is 1.29. The van der Waals surface area contributed by atoms with E-state index in [0.29, 0.717) is 23.0 Å². The first-order chi connectivity index (χ1) is 16.6. The fourth-order valence-corrected chi connectivity index (χ4v) is 4.08. The van der Waals surface area contributed by atoms with Gasteiger partial charge in [0, 0.05) is 25.0 Å². The van der Waals surface area contributed by atoms with Crippen LogP contribution in [0.3, 0.4) is 0 Å². The summed E-state index contributed by atoms with van der Waals surface area (Å²) in [6, 6.07) is 12.6. The number of rotatable bonds is 7. The Morgan fingerprint density at radius 3 is 2.65 bits per heavy atom. The molecule has 1 aromatic carbocycles. The van der Waals surface area contributed by atoms with Gasteiger partial charge >= 0.3 is 0 Å². The zero-order chi connectivity index (χ0) is 23.3. The molecule has 4 heterocycles. The molecule has 4 aromatic rings. The maximum Gasteiger partial charge on any atom is 0.255 e. The number of benzene rings is 1. The average molecular weight is 474 g/mol. The van der Waals surface area contributed by atoms with Crippen LogP contribution in [-0.4, -0.2) is 50.7 Å². The van der Waals surface area contributed by atoms with Gasteiger partial charge in [-0.1, -0.05) is 17.7 Å². The van der Waals surface area contributed by atoms with Crippen LogP contribution < -0.4 is 10.3 Å². The predicted molar refractivity (Wildman–Crippen MR) is 134 cm³/mol. The Morgan fingerprint density at radius 2 is 1.85 bits per heavy atom. The van der Waals surface area contributed by atoms with Crippen molar-refractivity contribution in [3.63, 3.8) is 0 Å². The summed E-state index contributed by atoms with van der Waals surface area (Å²) in [5, 5.41) is 0.584. The van der Waals surface area contributed by atoms with Crippen LogP contribution >= 0.6 is 11.6 Å². The van der Waals surface area contributed by atoms with Gasteiger partial charge in [-0.3, -0.25) is 19.2 Å². The van der Waals surface area contributed by atoms with Crippen molar-refractivity contribution >= 4 is 34.8 Å². The molecule has 1 aliphatic heterocycles. The number of aromatic nitrogens is 4. The van der Waals surface area contributed by atoms with Gasteiger partial charge in [-0.15, -0.1) is 0 Å². The normalized spacial score (nSPS) is 14.3. The summed E-state index contributed by atoms with van der Waals surface area (Å²) in [7, 11) is 0. The second-order valence-electron chi connectivity index (χ2n) is 8.18. The molecule has 3 aromatic heterocycles. The summed E-state index contributed by atoms with van der Waals surface area (Å²) >= 11 is 5.86. The van der Waals surface area contributed by atoms with Gasteiger partial charge in [0.2, 0.25) is 5.88 Å². The van der Waals surface area contributed by atoms with Crippen LogP contribution in [0.2, 0.25) is 5.02 Å². The quantitative estimate of drug-likeness (QED) is 0.394. The lowest BCUT2D eigenvalue weighted by atomic mass is 10.2. The van der Waals surface area contributed by atoms with Gasteiger partial charge in [0.05, 0.1) is 33.6 Å². The van der Waals surface area contributed by atoms with Crippen molar-refractivity contribution in [1.29, 1.82) is 0 Å². The Hall–Kier alpha value is -3.55. The van der Waals surface area contributed by atoms with Gasteiger partial charge in [0.15, 0.2) is 0 Å². The lowest BCUT2D eigenvalue weighted by molar-refractivity contribution is 0.232. The van der Waals surface area contributed by atoms with Crippen molar-refractivity contribution in [1.82, 2.24) is 24.4 Å². The lowest BCUT2D eigenvalue weighted by Gasteiger charge is -2.14. The molecule has 0 amide bonds. The molecule has 34 heavy (non-hydrogen) atoms. The number of nitrogens with zero attached hydrogens (tertiary/aromatic N) is 5. The molecule has 0 saturated carbocycles. The van der Waals surface area contributed by atoms with E-state index in [1.165, 1.54) is 12.8 Å². The van der Waals surface area contributed by atoms with E-state index in [1.807, 2.05) is 42.5 Å². The highest BCUT2D eigenvalue weighted by molar-refractivity contribution is 6.30. The predicted octanol–water partition coefficient (Wildman–Crippen LogP) is 4.47. The number of ether oxygens (including phenoxy) is 1. The highest BCUT2D eigenvalue weighted by Crippen LogP contribution is 2.18. The van der Waals surface area contributed by atoms with Gasteiger partial charge in [0.25, 0.3) is 5.56 Å². The number of hydrogen-bond donors (Lipinski definition) is 0. The van der Waals surface area contributed by atoms with Gasteiger partial charge in [-0.05, 0) is 74.0 Å². The van der Waals surface area contributed by atoms with E-state index in [0.717, 1.165) is 42.1 Å². The summed E-state index contributed by atoms with van der Waals surface area (Å²) in [4.78, 5) is 28.4. The molecule has 0 unspecified atom stereocenters. The number of hydrogen-bond acceptors (Lipinski definition) is 6. The molecule has 1 saturated heterocycles. The summed E-state index contributed by atoms with van der Waals surface area (Å²) in [6.45, 7) is 3.79. The van der Waals surface area contributed by atoms with E-state index in [-0.39, 0.29) is 5.56 Å². The number of likely N-dealkylation sites (tertiary alicyclic amines) is 1. The minimum absolute atomic E-state index is 0.139. The SMILES string of the molecule is O=c1cc(C=Cc2ccc(Cl)cn2)ccn1-c1ccc2nc(OCCN3CCCC3)cnc2c1. The Labute approximate surface area is 202 Å². The maximum absolute atomic E-state index is 12.7. The van der Waals surface area contributed by atoms with E-state index < -0.39 is 0 Å². The third-order valence-electron chi connectivity index (χ3n) is 5.78. The molecule has 5 rings (SSSR count). The minimum atomic E-state index is -0.139. The average Bonchev–Trinajstić information content (AvgIpc) is 3.37. The highest BCUT2D eigenvalue weighted by Gasteiger charge is 2.11. The van der Waals surface area contributed by atoms with Crippen molar-refractivity contribution < 1.29 is 4.74 Å². The van der Waals surface area contributed by atoms with E-state index in [9.17, 15) is 4.79 Å². The molecular formula is C26H24ClN5O2. The van der Waals surface area contributed by atoms with Crippen LogP contribution in [0.1, 0.15) is 24.1 Å². The number of halogens is 1. The van der Waals surface area contributed by atoms with Gasteiger partial charge < -0.3 is 4.74 Å². The maximum atomic E-state index is 12.7. The van der Waals surface area contributed by atoms with E-state index in [4.69, 9.17) is 16.3 Å². The third kappa shape index (κ3) is 5.32. The number of pyridine rings is 2. The summed E-state index contributed by atoms with van der Waals surface area (Å²) in [6.07, 6.45) is 11.2. The van der Waals surface area contributed by atoms with Crippen LogP contribution in [0.15, 0.2) is 65.8 Å². The summed E-state index contributed by atoms with van der Waals surface area (Å²) < 4.78 is 7.38. The smallest absolute Gasteiger partial charge is 0.255 e. The minimum Gasteiger partial charge on any atom is -0.475 e. The van der Waals surface area contributed by atoms with Crippen LogP contribution in [-0.2, 0) is 0 Å². The first-order valence-electron chi connectivity index (χ1n) is 11.3. The highest BCUT2D eigenvalue weighted by atomic mass is 35.5. The van der Waals surface area contributed by atoms with E-state index in [1.54, 1.807) is 35.3 Å². The van der Waals surface area contributed by atoms with Crippen molar-refractivity contribution in [3.05, 3.63) is 87.7 Å². The molecular weight excluding hydrogens is 450 g/mol. The molecule has 0 radical (unpaired) electrons. The van der Waals surface area contributed by atoms with Gasteiger partial charge in [-0.2, -0.15) is 0 Å². The molecule has 0 bridgehead atoms. The molecule has 0 N–H and O–H groups in total. The van der Waals surface area contributed by atoms with Crippen molar-refractivity contribution in [2.75, 3.05) is 26.2 Å². The van der Waals surface area contributed by atoms with Gasteiger partial charge in [0.1, 0.15) is 6.61 Å². The molecule has 7 nitrogen and oxygen atoms in total. The standard InChI is InChI=1S/C26H24ClN5O2/c27-20-4-6-21(28-17-20)5-3-19-9-12-32(26(33)15-19)22-7-8-23-24(16-22)29-18-25(30-23)34-14-13-31-10-1-2-11-31/h3-9,12,15-18H,1-2,10-11,13-14H2. The first-order valence-corrected chi connectivity index (χ1v) is 11.7. The zero-order valence-electron chi connectivity index (χ0n) is 18.6. The zero-order valence-corrected chi connectivity index (χ0v) is 19.4. The molecule has 0 aliphatic carbocycles. The van der Waals surface area contributed by atoms with Crippen molar-refractivity contribution in [3.8, 4) is 11.6 Å². The van der Waals surface area contributed by atoms with E-state index in [2.05, 4.69) is 19.9 Å². The second kappa shape index (κ2) is 10.2. The first kappa shape index (κ1) is 22.3. The largest absolute Gasteiger partial charge is 0.475 e. The third-order valence-corrected chi connectivity index (χ3v) is 6.00. The van der Waals surface area contributed by atoms with Gasteiger partial charge in [-0.25, -0.2) is 9.97 Å². The van der Waals surface area contributed by atoms with Crippen LogP contribution in [0.25, 0.3) is 28.9 Å². The molecule has 1 fully saturated rings. The van der Waals surface area contributed by atoms with E-state index >= 15 is 0 Å². The number of fused-ring (bicyclic) bond motifs is 1. The fourth-order valence-electron chi connectivity index (χ4n) is 3.97. The van der Waals surface area contributed by atoms with Crippen LogP contribution in [0, 0.1) is 0 Å². The summed E-state index contributed by atoms with van der Waals surface area (Å²) in [5.41, 5.74) is 3.57. The molecule has 0 atom stereocenters. The Bertz CT molecular complexity index is 1380. The summed E-state index contributed by atoms with van der Waals surface area (Å²) in [5.74, 6) is 0.517. The topological polar surface area (TPSA) is 73.1 Å². The van der Waals surface area contributed by atoms with Crippen molar-refractivity contribution in [2.24, 2.45) is 0 Å². The lowest BCUT2D eigenvalue weighted by Crippen LogP contribution is -2.25. The molecule has 0 spiro atoms. The molecule has 8 heteroatoms. The Morgan fingerprint density at radius 1 is 0.971 bits per heavy atom.